The molecule has 5 heteroatoms. The van der Waals surface area contributed by atoms with Crippen molar-refractivity contribution in [2.75, 3.05) is 18.0 Å². The number of Topliss-reactive ketones (excluding diaryl/α,β-unsaturated/α-hetero) is 1. The summed E-state index contributed by atoms with van der Waals surface area (Å²) in [5, 5.41) is 0. The molecule has 1 aromatic heterocycles. The van der Waals surface area contributed by atoms with E-state index in [0.717, 1.165) is 6.42 Å². The van der Waals surface area contributed by atoms with E-state index in [1.807, 2.05) is 0 Å². The third kappa shape index (κ3) is 1.95. The molecule has 0 unspecified atom stereocenters. The van der Waals surface area contributed by atoms with Crippen molar-refractivity contribution >= 4 is 11.6 Å². The molecule has 0 spiro atoms. The molecule has 15 heavy (non-hydrogen) atoms. The Morgan fingerprint density at radius 1 is 1.47 bits per heavy atom. The molecule has 0 N–H and O–H groups in total. The Labute approximate surface area is 87.1 Å². The summed E-state index contributed by atoms with van der Waals surface area (Å²) in [6.45, 7) is 2.53. The van der Waals surface area contributed by atoms with Crippen LogP contribution in [0.4, 0.5) is 10.2 Å². The number of rotatable bonds is 1. The fraction of sp³-hybridized carbons (Fsp3) is 0.500. The van der Waals surface area contributed by atoms with Crippen LogP contribution in [0, 0.1) is 12.7 Å². The van der Waals surface area contributed by atoms with Gasteiger partial charge in [-0.15, -0.1) is 0 Å². The molecular weight excluding hydrogens is 197 g/mol. The molecule has 0 radical (unpaired) electrons. The van der Waals surface area contributed by atoms with Gasteiger partial charge in [0.25, 0.3) is 0 Å². The van der Waals surface area contributed by atoms with Crippen LogP contribution in [0.15, 0.2) is 6.33 Å². The minimum absolute atomic E-state index is 0.136. The number of halogens is 1. The number of piperidine rings is 1. The van der Waals surface area contributed by atoms with Gasteiger partial charge in [0.1, 0.15) is 6.33 Å². The van der Waals surface area contributed by atoms with Crippen LogP contribution in [0.1, 0.15) is 18.5 Å². The van der Waals surface area contributed by atoms with Crippen LogP contribution in [0.3, 0.4) is 0 Å². The van der Waals surface area contributed by atoms with E-state index < -0.39 is 5.82 Å². The lowest BCUT2D eigenvalue weighted by Gasteiger charge is -2.26. The Balaban J connectivity index is 2.28. The lowest BCUT2D eigenvalue weighted by atomic mass is 10.1. The first-order chi connectivity index (χ1) is 7.18. The standard InChI is InChI=1S/C10H12FN3O/c1-7-9(11)10(13-6-12-7)14-4-2-3-8(15)5-14/h6H,2-5H2,1H3. The van der Waals surface area contributed by atoms with Crippen molar-refractivity contribution in [1.29, 1.82) is 0 Å². The van der Waals surface area contributed by atoms with E-state index in [2.05, 4.69) is 9.97 Å². The lowest BCUT2D eigenvalue weighted by Crippen LogP contribution is -2.36. The Morgan fingerprint density at radius 2 is 2.27 bits per heavy atom. The van der Waals surface area contributed by atoms with E-state index in [4.69, 9.17) is 0 Å². The first kappa shape index (κ1) is 10.0. The number of carbonyl (C=O) groups excluding carboxylic acids is 1. The summed E-state index contributed by atoms with van der Waals surface area (Å²) in [6.07, 6.45) is 2.68. The summed E-state index contributed by atoms with van der Waals surface area (Å²) in [4.78, 5) is 20.6. The minimum atomic E-state index is -0.424. The average molecular weight is 209 g/mol. The van der Waals surface area contributed by atoms with Crippen molar-refractivity contribution in [3.8, 4) is 0 Å². The van der Waals surface area contributed by atoms with Crippen LogP contribution in [0.2, 0.25) is 0 Å². The zero-order valence-corrected chi connectivity index (χ0v) is 8.53. The summed E-state index contributed by atoms with van der Waals surface area (Å²) >= 11 is 0. The quantitative estimate of drug-likeness (QED) is 0.694. The summed E-state index contributed by atoms with van der Waals surface area (Å²) in [7, 11) is 0. The molecule has 1 fully saturated rings. The highest BCUT2D eigenvalue weighted by Gasteiger charge is 2.21. The van der Waals surface area contributed by atoms with E-state index in [9.17, 15) is 9.18 Å². The van der Waals surface area contributed by atoms with Crippen molar-refractivity contribution in [2.24, 2.45) is 0 Å². The molecule has 2 heterocycles. The molecule has 0 aliphatic carbocycles. The summed E-state index contributed by atoms with van der Waals surface area (Å²) < 4.78 is 13.6. The van der Waals surface area contributed by atoms with Crippen molar-refractivity contribution in [3.63, 3.8) is 0 Å². The highest BCUT2D eigenvalue weighted by atomic mass is 19.1. The van der Waals surface area contributed by atoms with E-state index >= 15 is 0 Å². The van der Waals surface area contributed by atoms with Gasteiger partial charge in [-0.1, -0.05) is 0 Å². The van der Waals surface area contributed by atoms with Gasteiger partial charge in [-0.3, -0.25) is 4.79 Å². The van der Waals surface area contributed by atoms with Crippen LogP contribution in [0.5, 0.6) is 0 Å². The first-order valence-electron chi connectivity index (χ1n) is 4.92. The molecule has 0 saturated carbocycles. The van der Waals surface area contributed by atoms with Crippen LogP contribution < -0.4 is 4.90 Å². The van der Waals surface area contributed by atoms with Gasteiger partial charge in [0.2, 0.25) is 0 Å². The molecular formula is C10H12FN3O. The number of ketones is 1. The average Bonchev–Trinajstić information content (AvgIpc) is 2.22. The Hall–Kier alpha value is -1.52. The van der Waals surface area contributed by atoms with Crippen LogP contribution in [-0.2, 0) is 4.79 Å². The third-order valence-corrected chi connectivity index (χ3v) is 2.50. The van der Waals surface area contributed by atoms with E-state index in [0.29, 0.717) is 18.7 Å². The maximum absolute atomic E-state index is 13.6. The second-order valence-electron chi connectivity index (χ2n) is 3.66. The van der Waals surface area contributed by atoms with E-state index in [-0.39, 0.29) is 18.1 Å². The SMILES string of the molecule is Cc1ncnc(N2CCCC(=O)C2)c1F. The molecule has 1 saturated heterocycles. The van der Waals surface area contributed by atoms with Crippen molar-refractivity contribution < 1.29 is 9.18 Å². The number of carbonyl (C=O) groups is 1. The highest BCUT2D eigenvalue weighted by molar-refractivity contribution is 5.84. The fourth-order valence-corrected chi connectivity index (χ4v) is 1.68. The maximum atomic E-state index is 13.6. The zero-order valence-electron chi connectivity index (χ0n) is 8.53. The van der Waals surface area contributed by atoms with Crippen molar-refractivity contribution in [3.05, 3.63) is 17.8 Å². The predicted octanol–water partition coefficient (Wildman–Crippen LogP) is 1.09. The maximum Gasteiger partial charge on any atom is 0.186 e. The number of nitrogens with zero attached hydrogens (tertiary/aromatic N) is 3. The molecule has 4 nitrogen and oxygen atoms in total. The van der Waals surface area contributed by atoms with E-state index in [1.165, 1.54) is 6.33 Å². The molecule has 1 aliphatic heterocycles. The van der Waals surface area contributed by atoms with Gasteiger partial charge >= 0.3 is 0 Å². The van der Waals surface area contributed by atoms with Gasteiger partial charge in [0.15, 0.2) is 17.4 Å². The van der Waals surface area contributed by atoms with Gasteiger partial charge in [-0.05, 0) is 13.3 Å². The molecule has 1 aliphatic rings. The van der Waals surface area contributed by atoms with Gasteiger partial charge in [-0.2, -0.15) is 0 Å². The van der Waals surface area contributed by atoms with Crippen LogP contribution in [0.25, 0.3) is 0 Å². The Morgan fingerprint density at radius 3 is 3.00 bits per heavy atom. The largest absolute Gasteiger partial charge is 0.347 e. The molecule has 2 rings (SSSR count). The third-order valence-electron chi connectivity index (χ3n) is 2.50. The monoisotopic (exact) mass is 209 g/mol. The predicted molar refractivity (Wildman–Crippen MR) is 53.2 cm³/mol. The summed E-state index contributed by atoms with van der Waals surface area (Å²) in [5.74, 6) is -0.0420. The fourth-order valence-electron chi connectivity index (χ4n) is 1.68. The summed E-state index contributed by atoms with van der Waals surface area (Å²) in [6, 6.07) is 0. The Kier molecular flexibility index (Phi) is 2.62. The smallest absolute Gasteiger partial charge is 0.186 e. The van der Waals surface area contributed by atoms with Crippen LogP contribution >= 0.6 is 0 Å². The number of anilines is 1. The second-order valence-corrected chi connectivity index (χ2v) is 3.66. The molecule has 80 valence electrons. The first-order valence-corrected chi connectivity index (χ1v) is 4.92. The number of aryl methyl sites for hydroxylation is 1. The van der Waals surface area contributed by atoms with Gasteiger partial charge in [0, 0.05) is 13.0 Å². The van der Waals surface area contributed by atoms with Gasteiger partial charge in [-0.25, -0.2) is 14.4 Å². The molecule has 0 amide bonds. The van der Waals surface area contributed by atoms with Crippen molar-refractivity contribution in [2.45, 2.75) is 19.8 Å². The Bertz CT molecular complexity index is 394. The molecule has 0 atom stereocenters. The highest BCUT2D eigenvalue weighted by Crippen LogP contribution is 2.20. The minimum Gasteiger partial charge on any atom is -0.347 e. The second kappa shape index (κ2) is 3.92. The van der Waals surface area contributed by atoms with Gasteiger partial charge < -0.3 is 4.90 Å². The molecule has 0 bridgehead atoms. The number of hydrogen-bond acceptors (Lipinski definition) is 4. The van der Waals surface area contributed by atoms with E-state index in [1.54, 1.807) is 11.8 Å². The number of aromatic nitrogens is 2. The molecule has 0 aromatic carbocycles. The van der Waals surface area contributed by atoms with Gasteiger partial charge in [0.05, 0.1) is 12.2 Å². The number of hydrogen-bond donors (Lipinski definition) is 0. The topological polar surface area (TPSA) is 46.1 Å². The zero-order chi connectivity index (χ0) is 10.8. The summed E-state index contributed by atoms with van der Waals surface area (Å²) in [5.41, 5.74) is 0.318. The molecule has 1 aromatic rings. The normalized spacial score (nSPS) is 16.9. The lowest BCUT2D eigenvalue weighted by molar-refractivity contribution is -0.118. The van der Waals surface area contributed by atoms with Crippen molar-refractivity contribution in [1.82, 2.24) is 9.97 Å². The van der Waals surface area contributed by atoms with Crippen LogP contribution in [-0.4, -0.2) is 28.8 Å².